The largest absolute Gasteiger partial charge is 0.497 e. The van der Waals surface area contributed by atoms with E-state index in [4.69, 9.17) is 31.5 Å². The monoisotopic (exact) mass is 444 g/mol. The Morgan fingerprint density at radius 1 is 1.10 bits per heavy atom. The molecule has 2 heterocycles. The van der Waals surface area contributed by atoms with Crippen LogP contribution < -0.4 is 25.4 Å². The van der Waals surface area contributed by atoms with E-state index in [0.29, 0.717) is 48.7 Å². The highest BCUT2D eigenvalue weighted by Gasteiger charge is 2.32. The third kappa shape index (κ3) is 4.62. The summed E-state index contributed by atoms with van der Waals surface area (Å²) in [7, 11) is 3.24. The molecule has 0 amide bonds. The Labute approximate surface area is 186 Å². The van der Waals surface area contributed by atoms with Gasteiger partial charge in [-0.15, -0.1) is 0 Å². The molecule has 1 saturated heterocycles. The SMILES string of the molecule is COc1ccc(N2C(N3CCOCC3)=NC(N)=NC2Nc2cc(Cl)ccc2OC)cc1. The molecule has 1 atom stereocenters. The lowest BCUT2D eigenvalue weighted by Gasteiger charge is -2.41. The van der Waals surface area contributed by atoms with Crippen LogP contribution in [0.5, 0.6) is 11.5 Å². The van der Waals surface area contributed by atoms with E-state index in [1.165, 1.54) is 0 Å². The number of aliphatic imine (C=N–C) groups is 2. The predicted octanol–water partition coefficient (Wildman–Crippen LogP) is 2.58. The minimum Gasteiger partial charge on any atom is -0.497 e. The summed E-state index contributed by atoms with van der Waals surface area (Å²) in [5.74, 6) is 2.28. The predicted molar refractivity (Wildman–Crippen MR) is 122 cm³/mol. The number of guanidine groups is 2. The summed E-state index contributed by atoms with van der Waals surface area (Å²) in [6.07, 6.45) is -0.573. The zero-order valence-corrected chi connectivity index (χ0v) is 18.2. The molecule has 1 fully saturated rings. The van der Waals surface area contributed by atoms with Crippen LogP contribution in [0, 0.1) is 0 Å². The molecule has 2 aliphatic heterocycles. The van der Waals surface area contributed by atoms with Crippen molar-refractivity contribution in [1.29, 1.82) is 0 Å². The van der Waals surface area contributed by atoms with Crippen molar-refractivity contribution in [3.63, 3.8) is 0 Å². The van der Waals surface area contributed by atoms with Crippen LogP contribution in [0.25, 0.3) is 0 Å². The minimum atomic E-state index is -0.573. The summed E-state index contributed by atoms with van der Waals surface area (Å²) in [5, 5.41) is 3.97. The molecule has 0 aromatic heterocycles. The third-order valence-electron chi connectivity index (χ3n) is 5.02. The Balaban J connectivity index is 1.74. The van der Waals surface area contributed by atoms with Crippen LogP contribution >= 0.6 is 11.6 Å². The molecular weight excluding hydrogens is 420 g/mol. The summed E-state index contributed by atoms with van der Waals surface area (Å²) in [6, 6.07) is 13.1. The maximum absolute atomic E-state index is 6.23. The Kier molecular flexibility index (Phi) is 6.34. The number of nitrogens with two attached hydrogens (primary N) is 1. The van der Waals surface area contributed by atoms with Gasteiger partial charge in [0.1, 0.15) is 11.5 Å². The van der Waals surface area contributed by atoms with Crippen LogP contribution in [0.15, 0.2) is 52.4 Å². The first kappa shape index (κ1) is 21.1. The molecule has 0 spiro atoms. The van der Waals surface area contributed by atoms with E-state index in [0.717, 1.165) is 11.4 Å². The number of methoxy groups -OCH3 is 2. The average molecular weight is 445 g/mol. The van der Waals surface area contributed by atoms with Gasteiger partial charge in [-0.2, -0.15) is 4.99 Å². The molecule has 31 heavy (non-hydrogen) atoms. The zero-order valence-electron chi connectivity index (χ0n) is 17.4. The fourth-order valence-corrected chi connectivity index (χ4v) is 3.66. The van der Waals surface area contributed by atoms with Gasteiger partial charge >= 0.3 is 0 Å². The molecule has 0 bridgehead atoms. The number of anilines is 2. The number of nitrogens with one attached hydrogen (secondary N) is 1. The Hall–Kier alpha value is -3.17. The quantitative estimate of drug-likeness (QED) is 0.731. The Morgan fingerprint density at radius 2 is 1.84 bits per heavy atom. The molecule has 3 N–H and O–H groups in total. The second-order valence-corrected chi connectivity index (χ2v) is 7.37. The topological polar surface area (TPSA) is 96.9 Å². The molecule has 4 rings (SSSR count). The number of nitrogens with zero attached hydrogens (tertiary/aromatic N) is 4. The van der Waals surface area contributed by atoms with E-state index in [1.807, 2.05) is 29.2 Å². The van der Waals surface area contributed by atoms with Crippen LogP contribution in [0.3, 0.4) is 0 Å². The van der Waals surface area contributed by atoms with Crippen LogP contribution in [-0.2, 0) is 4.74 Å². The number of rotatable bonds is 5. The zero-order chi connectivity index (χ0) is 21.8. The molecule has 0 radical (unpaired) electrons. The summed E-state index contributed by atoms with van der Waals surface area (Å²) in [4.78, 5) is 13.3. The summed E-state index contributed by atoms with van der Waals surface area (Å²) < 4.78 is 16.3. The Morgan fingerprint density at radius 3 is 2.52 bits per heavy atom. The van der Waals surface area contributed by atoms with E-state index in [1.54, 1.807) is 32.4 Å². The van der Waals surface area contributed by atoms with Gasteiger partial charge in [0.25, 0.3) is 0 Å². The van der Waals surface area contributed by atoms with E-state index < -0.39 is 6.29 Å². The van der Waals surface area contributed by atoms with Crippen molar-refractivity contribution in [3.05, 3.63) is 47.5 Å². The van der Waals surface area contributed by atoms with Crippen LogP contribution in [0.4, 0.5) is 11.4 Å². The first-order valence-corrected chi connectivity index (χ1v) is 10.2. The molecule has 2 aromatic carbocycles. The molecule has 0 aliphatic carbocycles. The van der Waals surface area contributed by atoms with Gasteiger partial charge in [0, 0.05) is 23.8 Å². The maximum Gasteiger partial charge on any atom is 0.222 e. The lowest BCUT2D eigenvalue weighted by atomic mass is 10.2. The van der Waals surface area contributed by atoms with Crippen molar-refractivity contribution >= 4 is 34.9 Å². The van der Waals surface area contributed by atoms with Gasteiger partial charge < -0.3 is 30.2 Å². The number of halogens is 1. The molecule has 1 unspecified atom stereocenters. The van der Waals surface area contributed by atoms with E-state index >= 15 is 0 Å². The normalized spacial score (nSPS) is 18.9. The highest BCUT2D eigenvalue weighted by molar-refractivity contribution is 6.31. The molecule has 2 aliphatic rings. The first-order valence-electron chi connectivity index (χ1n) is 9.87. The summed E-state index contributed by atoms with van der Waals surface area (Å²) in [6.45, 7) is 2.64. The lowest BCUT2D eigenvalue weighted by molar-refractivity contribution is 0.0671. The fourth-order valence-electron chi connectivity index (χ4n) is 3.49. The number of morpholine rings is 1. The van der Waals surface area contributed by atoms with Crippen molar-refractivity contribution in [2.45, 2.75) is 6.29 Å². The fraction of sp³-hybridized carbons (Fsp3) is 0.333. The Bertz CT molecular complexity index is 976. The van der Waals surface area contributed by atoms with E-state index in [9.17, 15) is 0 Å². The van der Waals surface area contributed by atoms with Crippen molar-refractivity contribution in [2.75, 3.05) is 50.7 Å². The number of ether oxygens (including phenoxy) is 3. The highest BCUT2D eigenvalue weighted by Crippen LogP contribution is 2.31. The van der Waals surface area contributed by atoms with Gasteiger partial charge in [-0.05, 0) is 42.5 Å². The van der Waals surface area contributed by atoms with E-state index in [-0.39, 0.29) is 5.96 Å². The smallest absolute Gasteiger partial charge is 0.222 e. The van der Waals surface area contributed by atoms with Crippen LogP contribution in [-0.4, -0.2) is 63.6 Å². The first-order chi connectivity index (χ1) is 15.1. The number of hydrogen-bond donors (Lipinski definition) is 2. The summed E-state index contributed by atoms with van der Waals surface area (Å²) >= 11 is 6.23. The molecule has 9 nitrogen and oxygen atoms in total. The van der Waals surface area contributed by atoms with E-state index in [2.05, 4.69) is 20.2 Å². The van der Waals surface area contributed by atoms with Gasteiger partial charge in [-0.1, -0.05) is 11.6 Å². The second kappa shape index (κ2) is 9.32. The molecular formula is C21H25ClN6O3. The summed E-state index contributed by atoms with van der Waals surface area (Å²) in [5.41, 5.74) is 7.69. The van der Waals surface area contributed by atoms with Crippen molar-refractivity contribution in [2.24, 2.45) is 15.7 Å². The standard InChI is InChI=1S/C21H25ClN6O3/c1-29-16-6-4-15(5-7-16)28-20(24-17-13-14(22)3-8-18(17)30-2)25-19(23)26-21(28)27-9-11-31-12-10-27/h3-8,13,20,24H,9-12H2,1-2H3,(H2,23,25). The van der Waals surface area contributed by atoms with Gasteiger partial charge in [-0.3, -0.25) is 4.90 Å². The average Bonchev–Trinajstić information content (AvgIpc) is 2.80. The maximum atomic E-state index is 6.23. The highest BCUT2D eigenvalue weighted by atomic mass is 35.5. The van der Waals surface area contributed by atoms with Crippen molar-refractivity contribution in [1.82, 2.24) is 4.90 Å². The molecule has 2 aromatic rings. The lowest BCUT2D eigenvalue weighted by Crippen LogP contribution is -2.57. The van der Waals surface area contributed by atoms with Crippen LogP contribution in [0.1, 0.15) is 0 Å². The van der Waals surface area contributed by atoms with Gasteiger partial charge in [-0.25, -0.2) is 4.99 Å². The number of hydrogen-bond acceptors (Lipinski definition) is 9. The van der Waals surface area contributed by atoms with Crippen molar-refractivity contribution in [3.8, 4) is 11.5 Å². The molecule has 0 saturated carbocycles. The molecule has 164 valence electrons. The number of benzene rings is 2. The van der Waals surface area contributed by atoms with Crippen LogP contribution in [0.2, 0.25) is 5.02 Å². The molecule has 10 heteroatoms. The minimum absolute atomic E-state index is 0.185. The van der Waals surface area contributed by atoms with Crippen molar-refractivity contribution < 1.29 is 14.2 Å². The van der Waals surface area contributed by atoms with Gasteiger partial charge in [0.2, 0.25) is 18.2 Å². The third-order valence-corrected chi connectivity index (χ3v) is 5.25. The van der Waals surface area contributed by atoms with Gasteiger partial charge in [0.05, 0.1) is 33.1 Å². The second-order valence-electron chi connectivity index (χ2n) is 6.93. The van der Waals surface area contributed by atoms with Gasteiger partial charge in [0.15, 0.2) is 0 Å².